The number of amides is 1. The number of para-hydroxylation sites is 1. The molecule has 5 nitrogen and oxygen atoms in total. The Labute approximate surface area is 147 Å². The van der Waals surface area contributed by atoms with Gasteiger partial charge < -0.3 is 10.1 Å². The van der Waals surface area contributed by atoms with Crippen molar-refractivity contribution in [3.05, 3.63) is 64.7 Å². The van der Waals surface area contributed by atoms with Crippen LogP contribution in [0.1, 0.15) is 40.9 Å². The number of nitrogens with one attached hydrogen (secondary N) is 1. The first-order valence-electron chi connectivity index (χ1n) is 8.16. The highest BCUT2D eigenvalue weighted by Crippen LogP contribution is 2.22. The third-order valence-corrected chi connectivity index (χ3v) is 3.85. The van der Waals surface area contributed by atoms with Gasteiger partial charge >= 0.3 is 5.97 Å². The second kappa shape index (κ2) is 8.65. The predicted octanol–water partition coefficient (Wildman–Crippen LogP) is 3.48. The molecule has 25 heavy (non-hydrogen) atoms. The van der Waals surface area contributed by atoms with Gasteiger partial charge in [-0.05, 0) is 48.2 Å². The van der Waals surface area contributed by atoms with Crippen LogP contribution in [0.15, 0.2) is 42.5 Å². The van der Waals surface area contributed by atoms with Gasteiger partial charge in [0.25, 0.3) is 5.91 Å². The van der Waals surface area contributed by atoms with Crippen LogP contribution in [-0.2, 0) is 22.4 Å². The number of nitriles is 1. The van der Waals surface area contributed by atoms with Crippen LogP contribution >= 0.6 is 0 Å². The summed E-state index contributed by atoms with van der Waals surface area (Å²) >= 11 is 0. The maximum atomic E-state index is 12.2. The van der Waals surface area contributed by atoms with Crippen LogP contribution in [0.25, 0.3) is 0 Å². The van der Waals surface area contributed by atoms with Crippen LogP contribution in [0.2, 0.25) is 0 Å². The number of aryl methyl sites for hydroxylation is 2. The second-order valence-corrected chi connectivity index (χ2v) is 5.47. The van der Waals surface area contributed by atoms with Crippen LogP contribution in [-0.4, -0.2) is 18.5 Å². The number of nitrogens with zero attached hydrogens (tertiary/aromatic N) is 1. The molecule has 2 aromatic carbocycles. The number of anilines is 1. The summed E-state index contributed by atoms with van der Waals surface area (Å²) in [5.74, 6) is -0.975. The summed E-state index contributed by atoms with van der Waals surface area (Å²) in [5.41, 5.74) is 3.65. The molecule has 0 aliphatic rings. The minimum Gasteiger partial charge on any atom is -0.452 e. The Morgan fingerprint density at radius 1 is 1.04 bits per heavy atom. The third-order valence-electron chi connectivity index (χ3n) is 3.85. The topological polar surface area (TPSA) is 79.2 Å². The highest BCUT2D eigenvalue weighted by molar-refractivity contribution is 5.96. The van der Waals surface area contributed by atoms with Crippen molar-refractivity contribution < 1.29 is 14.3 Å². The van der Waals surface area contributed by atoms with Crippen molar-refractivity contribution in [2.24, 2.45) is 0 Å². The summed E-state index contributed by atoms with van der Waals surface area (Å²) in [6.45, 7) is 3.69. The number of carbonyl (C=O) groups excluding carboxylic acids is 2. The quantitative estimate of drug-likeness (QED) is 0.819. The molecule has 2 aromatic rings. The molecule has 5 heteroatoms. The van der Waals surface area contributed by atoms with Crippen LogP contribution in [0.5, 0.6) is 0 Å². The van der Waals surface area contributed by atoms with Crippen molar-refractivity contribution in [3.8, 4) is 6.07 Å². The van der Waals surface area contributed by atoms with Crippen molar-refractivity contribution in [1.29, 1.82) is 5.26 Å². The van der Waals surface area contributed by atoms with Crippen molar-refractivity contribution >= 4 is 17.6 Å². The summed E-state index contributed by atoms with van der Waals surface area (Å²) in [5, 5.41) is 11.6. The number of ether oxygens (including phenoxy) is 1. The van der Waals surface area contributed by atoms with E-state index in [2.05, 4.69) is 5.32 Å². The van der Waals surface area contributed by atoms with E-state index in [9.17, 15) is 9.59 Å². The predicted molar refractivity (Wildman–Crippen MR) is 95.3 cm³/mol. The maximum absolute atomic E-state index is 12.2. The first kappa shape index (κ1) is 18.2. The molecule has 0 saturated carbocycles. The van der Waals surface area contributed by atoms with Gasteiger partial charge in [0, 0.05) is 5.69 Å². The van der Waals surface area contributed by atoms with Gasteiger partial charge in [0.1, 0.15) is 0 Å². The monoisotopic (exact) mass is 336 g/mol. The fourth-order valence-corrected chi connectivity index (χ4v) is 2.47. The molecular weight excluding hydrogens is 316 g/mol. The fourth-order valence-electron chi connectivity index (χ4n) is 2.47. The Bertz CT molecular complexity index is 782. The van der Waals surface area contributed by atoms with Gasteiger partial charge in [0.05, 0.1) is 17.2 Å². The molecule has 0 aliphatic heterocycles. The summed E-state index contributed by atoms with van der Waals surface area (Å²) < 4.78 is 5.05. The first-order valence-corrected chi connectivity index (χ1v) is 8.16. The molecule has 0 fully saturated rings. The summed E-state index contributed by atoms with van der Waals surface area (Å²) in [6.07, 6.45) is 1.60. The molecule has 0 aliphatic carbocycles. The Morgan fingerprint density at radius 2 is 1.64 bits per heavy atom. The number of hydrogen-bond donors (Lipinski definition) is 1. The van der Waals surface area contributed by atoms with Crippen molar-refractivity contribution in [3.63, 3.8) is 0 Å². The van der Waals surface area contributed by atoms with Crippen LogP contribution < -0.4 is 5.32 Å². The zero-order valence-electron chi connectivity index (χ0n) is 14.3. The van der Waals surface area contributed by atoms with Crippen molar-refractivity contribution in [2.45, 2.75) is 26.7 Å². The van der Waals surface area contributed by atoms with E-state index in [4.69, 9.17) is 10.00 Å². The SMILES string of the molecule is CCc1cccc(CC)c1NC(=O)COC(=O)c1ccc(C#N)cc1. The van der Waals surface area contributed by atoms with E-state index >= 15 is 0 Å². The molecular formula is C20H20N2O3. The van der Waals surface area contributed by atoms with Gasteiger partial charge in [-0.1, -0.05) is 32.0 Å². The first-order chi connectivity index (χ1) is 12.1. The lowest BCUT2D eigenvalue weighted by Crippen LogP contribution is -2.22. The zero-order valence-corrected chi connectivity index (χ0v) is 14.3. The number of esters is 1. The fraction of sp³-hybridized carbons (Fsp3) is 0.250. The molecule has 0 aromatic heterocycles. The van der Waals surface area contributed by atoms with Gasteiger partial charge in [-0.25, -0.2) is 4.79 Å². The molecule has 0 atom stereocenters. The van der Waals surface area contributed by atoms with Gasteiger partial charge in [0.15, 0.2) is 6.61 Å². The van der Waals surface area contributed by atoms with Crippen molar-refractivity contribution in [2.75, 3.05) is 11.9 Å². The van der Waals surface area contributed by atoms with Crippen LogP contribution in [0.4, 0.5) is 5.69 Å². The molecule has 0 bridgehead atoms. The average molecular weight is 336 g/mol. The summed E-state index contributed by atoms with van der Waals surface area (Å²) in [6, 6.07) is 13.9. The van der Waals surface area contributed by atoms with E-state index in [1.165, 1.54) is 24.3 Å². The minimum absolute atomic E-state index is 0.301. The Hall–Kier alpha value is -3.13. The molecule has 0 radical (unpaired) electrons. The van der Waals surface area contributed by atoms with Crippen LogP contribution in [0.3, 0.4) is 0 Å². The second-order valence-electron chi connectivity index (χ2n) is 5.47. The molecule has 128 valence electrons. The molecule has 0 unspecified atom stereocenters. The van der Waals surface area contributed by atoms with E-state index in [0.29, 0.717) is 11.1 Å². The van der Waals surface area contributed by atoms with E-state index in [-0.39, 0.29) is 12.5 Å². The summed E-state index contributed by atoms with van der Waals surface area (Å²) in [4.78, 5) is 24.1. The number of rotatable bonds is 6. The zero-order chi connectivity index (χ0) is 18.2. The van der Waals surface area contributed by atoms with Gasteiger partial charge in [-0.3, -0.25) is 4.79 Å². The number of carbonyl (C=O) groups is 2. The largest absolute Gasteiger partial charge is 0.452 e. The average Bonchev–Trinajstić information content (AvgIpc) is 2.66. The standard InChI is InChI=1S/C20H20N2O3/c1-3-15-6-5-7-16(4-2)19(15)22-18(23)13-25-20(24)17-10-8-14(12-21)9-11-17/h5-11H,3-4,13H2,1-2H3,(H,22,23). The van der Waals surface area contributed by atoms with Gasteiger partial charge in [-0.15, -0.1) is 0 Å². The molecule has 2 rings (SSSR count). The lowest BCUT2D eigenvalue weighted by Gasteiger charge is -2.14. The Balaban J connectivity index is 1.99. The molecule has 1 amide bonds. The molecule has 0 saturated heterocycles. The lowest BCUT2D eigenvalue weighted by molar-refractivity contribution is -0.119. The number of hydrogen-bond acceptors (Lipinski definition) is 4. The Kier molecular flexibility index (Phi) is 6.30. The van der Waals surface area contributed by atoms with Gasteiger partial charge in [-0.2, -0.15) is 5.26 Å². The highest BCUT2D eigenvalue weighted by Gasteiger charge is 2.13. The van der Waals surface area contributed by atoms with E-state index < -0.39 is 5.97 Å². The third kappa shape index (κ3) is 4.67. The normalized spacial score (nSPS) is 9.96. The Morgan fingerprint density at radius 3 is 2.16 bits per heavy atom. The highest BCUT2D eigenvalue weighted by atomic mass is 16.5. The molecule has 0 spiro atoms. The number of benzene rings is 2. The lowest BCUT2D eigenvalue weighted by atomic mass is 10.0. The van der Waals surface area contributed by atoms with Crippen LogP contribution in [0, 0.1) is 11.3 Å². The van der Waals surface area contributed by atoms with E-state index in [1.807, 2.05) is 38.1 Å². The van der Waals surface area contributed by atoms with E-state index in [0.717, 1.165) is 29.7 Å². The smallest absolute Gasteiger partial charge is 0.338 e. The molecule has 0 heterocycles. The van der Waals surface area contributed by atoms with E-state index in [1.54, 1.807) is 0 Å². The summed E-state index contributed by atoms with van der Waals surface area (Å²) in [7, 11) is 0. The maximum Gasteiger partial charge on any atom is 0.338 e. The van der Waals surface area contributed by atoms with Gasteiger partial charge in [0.2, 0.25) is 0 Å². The minimum atomic E-state index is -0.598. The molecule has 1 N–H and O–H groups in total. The van der Waals surface area contributed by atoms with Crippen molar-refractivity contribution in [1.82, 2.24) is 0 Å².